The smallest absolute Gasteiger partial charge is 0.302 e. The van der Waals surface area contributed by atoms with Crippen LogP contribution in [-0.4, -0.2) is 41.9 Å². The summed E-state index contributed by atoms with van der Waals surface area (Å²) in [6.45, 7) is 44.8. The van der Waals surface area contributed by atoms with Crippen molar-refractivity contribution in [2.45, 2.75) is 190 Å². The van der Waals surface area contributed by atoms with E-state index in [4.69, 9.17) is 13.6 Å². The Kier molecular flexibility index (Phi) is 10.4. The molecule has 5 rings (SSSR count). The topological polar surface area (TPSA) is 44.8 Å². The average molecular weight is 729 g/mol. The van der Waals surface area contributed by atoms with Gasteiger partial charge in [0.05, 0.1) is 12.7 Å². The molecule has 5 fully saturated rings. The Bertz CT molecular complexity index is 1310. The van der Waals surface area contributed by atoms with E-state index in [1.807, 2.05) is 0 Å². The number of carbonyl (C=O) groups excluding carboxylic acids is 1. The van der Waals surface area contributed by atoms with Gasteiger partial charge in [0, 0.05) is 24.4 Å². The van der Waals surface area contributed by atoms with Crippen LogP contribution in [0.2, 0.25) is 36.3 Å². The average Bonchev–Trinajstić information content (AvgIpc) is 3.36. The third-order valence-corrected chi connectivity index (χ3v) is 27.3. The molecule has 5 aliphatic carbocycles. The van der Waals surface area contributed by atoms with Gasteiger partial charge in [0.1, 0.15) is 0 Å². The van der Waals surface area contributed by atoms with E-state index in [2.05, 4.69) is 109 Å². The van der Waals surface area contributed by atoms with E-state index in [0.717, 1.165) is 13.0 Å². The van der Waals surface area contributed by atoms with Crippen LogP contribution in [0.15, 0.2) is 12.2 Å². The number of fused-ring (bicyclic) bond motifs is 7. The molecular formula is C44H80O4Si2. The molecule has 288 valence electrons. The highest BCUT2D eigenvalue weighted by molar-refractivity contribution is 6.74. The summed E-state index contributed by atoms with van der Waals surface area (Å²) in [5, 5.41) is 0.364. The number of ether oxygens (including phenoxy) is 1. The lowest BCUT2D eigenvalue weighted by atomic mass is 9.32. The monoisotopic (exact) mass is 729 g/mol. The lowest BCUT2D eigenvalue weighted by Crippen LogP contribution is -2.68. The highest BCUT2D eigenvalue weighted by atomic mass is 28.4. The van der Waals surface area contributed by atoms with E-state index in [9.17, 15) is 4.79 Å². The van der Waals surface area contributed by atoms with Crippen molar-refractivity contribution < 1.29 is 18.4 Å². The van der Waals surface area contributed by atoms with E-state index < -0.39 is 16.6 Å². The molecule has 5 saturated carbocycles. The number of esters is 1. The highest BCUT2D eigenvalue weighted by Gasteiger charge is 2.72. The van der Waals surface area contributed by atoms with Gasteiger partial charge in [-0.15, -0.1) is 0 Å². The Morgan fingerprint density at radius 2 is 1.34 bits per heavy atom. The van der Waals surface area contributed by atoms with Crippen LogP contribution in [0, 0.1) is 56.7 Å². The fourth-order valence-electron chi connectivity index (χ4n) is 13.0. The molecule has 0 spiro atoms. The molecule has 0 bridgehead atoms. The largest absolute Gasteiger partial charge is 0.465 e. The van der Waals surface area contributed by atoms with Crippen LogP contribution in [0.3, 0.4) is 0 Å². The predicted molar refractivity (Wildman–Crippen MR) is 215 cm³/mol. The molecule has 5 aliphatic rings. The van der Waals surface area contributed by atoms with Crippen molar-refractivity contribution >= 4 is 22.6 Å². The Morgan fingerprint density at radius 1 is 0.720 bits per heavy atom. The van der Waals surface area contributed by atoms with Gasteiger partial charge in [0.15, 0.2) is 16.6 Å². The first kappa shape index (κ1) is 40.7. The molecule has 0 amide bonds. The maximum atomic E-state index is 12.1. The van der Waals surface area contributed by atoms with Gasteiger partial charge < -0.3 is 13.6 Å². The van der Waals surface area contributed by atoms with Crippen LogP contribution in [0.25, 0.3) is 0 Å². The summed E-state index contributed by atoms with van der Waals surface area (Å²) >= 11 is 0. The summed E-state index contributed by atoms with van der Waals surface area (Å²) in [6.07, 6.45) is 12.7. The summed E-state index contributed by atoms with van der Waals surface area (Å²) in [4.78, 5) is 12.1. The van der Waals surface area contributed by atoms with Crippen LogP contribution >= 0.6 is 0 Å². The second kappa shape index (κ2) is 12.8. The molecule has 11 atom stereocenters. The van der Waals surface area contributed by atoms with E-state index in [1.165, 1.54) is 63.4 Å². The van der Waals surface area contributed by atoms with Crippen molar-refractivity contribution in [2.75, 3.05) is 13.2 Å². The van der Waals surface area contributed by atoms with Gasteiger partial charge in [-0.1, -0.05) is 81.4 Å². The Labute approximate surface area is 311 Å². The van der Waals surface area contributed by atoms with Crippen LogP contribution in [-0.2, 0) is 18.4 Å². The summed E-state index contributed by atoms with van der Waals surface area (Å²) in [5.41, 5.74) is 2.27. The number of allylic oxidation sites excluding steroid dienone is 1. The van der Waals surface area contributed by atoms with Crippen molar-refractivity contribution in [1.29, 1.82) is 0 Å². The molecule has 0 heterocycles. The maximum Gasteiger partial charge on any atom is 0.302 e. The van der Waals surface area contributed by atoms with E-state index in [-0.39, 0.29) is 49.2 Å². The lowest BCUT2D eigenvalue weighted by Gasteiger charge is -2.73. The van der Waals surface area contributed by atoms with Crippen molar-refractivity contribution in [3.63, 3.8) is 0 Å². The van der Waals surface area contributed by atoms with Gasteiger partial charge in [-0.3, -0.25) is 4.79 Å². The number of rotatable bonds is 8. The van der Waals surface area contributed by atoms with Crippen LogP contribution in [0.4, 0.5) is 0 Å². The molecule has 0 saturated heterocycles. The first-order valence-electron chi connectivity index (χ1n) is 20.7. The van der Waals surface area contributed by atoms with Gasteiger partial charge in [-0.25, -0.2) is 0 Å². The first-order chi connectivity index (χ1) is 22.6. The van der Waals surface area contributed by atoms with E-state index in [1.54, 1.807) is 6.92 Å². The minimum absolute atomic E-state index is 0.0145. The fraction of sp³-hybridized carbons (Fsp3) is 0.932. The van der Waals surface area contributed by atoms with E-state index in [0.29, 0.717) is 36.2 Å². The Balaban J connectivity index is 1.52. The number of hydrogen-bond acceptors (Lipinski definition) is 4. The first-order valence-corrected chi connectivity index (χ1v) is 26.5. The zero-order chi connectivity index (χ0) is 37.7. The molecular weight excluding hydrogens is 649 g/mol. The predicted octanol–water partition coefficient (Wildman–Crippen LogP) is 12.6. The molecule has 0 aromatic heterocycles. The van der Waals surface area contributed by atoms with Gasteiger partial charge in [-0.2, -0.15) is 0 Å². The molecule has 0 aromatic rings. The molecule has 0 N–H and O–H groups in total. The van der Waals surface area contributed by atoms with Gasteiger partial charge in [-0.05, 0) is 153 Å². The zero-order valence-electron chi connectivity index (χ0n) is 35.8. The van der Waals surface area contributed by atoms with Crippen LogP contribution in [0.1, 0.15) is 147 Å². The van der Waals surface area contributed by atoms with Gasteiger partial charge in [0.25, 0.3) is 0 Å². The van der Waals surface area contributed by atoms with Gasteiger partial charge in [0.2, 0.25) is 0 Å². The summed E-state index contributed by atoms with van der Waals surface area (Å²) in [7, 11) is -3.95. The number of hydrogen-bond donors (Lipinski definition) is 0. The standard InChI is InChI=1S/C44H80O4Si2/c1-30(2)32-20-25-44(29-46-31(3)45)27-26-42(12)33(37(32)44)18-19-35-40(10)23-22-36(48-50(16,17)39(7,8)9)41(11,34(40)21-24-43(35,42)13)28-47-49(14,15)38(4,5)6/h32-37H,1,18-29H2,2-17H3/t32-,33?,34?,35?,36-,37?,40-,41-,42+,43+,44+/m0/s1. The van der Waals surface area contributed by atoms with Gasteiger partial charge >= 0.3 is 5.97 Å². The van der Waals surface area contributed by atoms with Crippen molar-refractivity contribution in [3.05, 3.63) is 12.2 Å². The van der Waals surface area contributed by atoms with Crippen molar-refractivity contribution in [2.24, 2.45) is 56.7 Å². The van der Waals surface area contributed by atoms with Crippen LogP contribution in [0.5, 0.6) is 0 Å². The summed E-state index contributed by atoms with van der Waals surface area (Å²) in [5.74, 6) is 2.92. The Hall–Kier alpha value is -0.436. The zero-order valence-corrected chi connectivity index (χ0v) is 37.8. The fourth-order valence-corrected chi connectivity index (χ4v) is 15.6. The van der Waals surface area contributed by atoms with Crippen molar-refractivity contribution in [3.8, 4) is 0 Å². The summed E-state index contributed by atoms with van der Waals surface area (Å²) < 4.78 is 20.7. The maximum absolute atomic E-state index is 12.1. The minimum Gasteiger partial charge on any atom is -0.465 e. The molecule has 4 unspecified atom stereocenters. The minimum atomic E-state index is -1.99. The molecule has 50 heavy (non-hydrogen) atoms. The quantitative estimate of drug-likeness (QED) is 0.142. The lowest BCUT2D eigenvalue weighted by molar-refractivity contribution is -0.254. The molecule has 4 nitrogen and oxygen atoms in total. The normalized spacial score (nSPS) is 43.7. The number of carbonyl (C=O) groups is 1. The molecule has 0 radical (unpaired) electrons. The Morgan fingerprint density at radius 3 is 1.90 bits per heavy atom. The van der Waals surface area contributed by atoms with E-state index >= 15 is 0 Å². The third-order valence-electron chi connectivity index (χ3n) is 18.3. The SMILES string of the molecule is C=C(C)[C@@H]1CC[C@]2(COC(C)=O)CC[C@]3(C)C(CCC4[C@@]5(C)CC[C@H](O[Si](C)(C)C(C)(C)C)[C@@](C)(CO[Si](C)(C)C(C)(C)C)C5CC[C@]43C)C12. The molecule has 0 aliphatic heterocycles. The third kappa shape index (κ3) is 6.24. The van der Waals surface area contributed by atoms with Crippen LogP contribution < -0.4 is 0 Å². The second-order valence-corrected chi connectivity index (χ2v) is 32.4. The highest BCUT2D eigenvalue weighted by Crippen LogP contribution is 2.78. The molecule has 6 heteroatoms. The molecule has 0 aromatic carbocycles. The summed E-state index contributed by atoms with van der Waals surface area (Å²) in [6, 6.07) is 0. The van der Waals surface area contributed by atoms with Crippen molar-refractivity contribution in [1.82, 2.24) is 0 Å². The second-order valence-electron chi connectivity index (χ2n) is 22.8.